The minimum absolute atomic E-state index is 0.0717. The summed E-state index contributed by atoms with van der Waals surface area (Å²) in [6.45, 7) is 7.68. The molecule has 0 saturated heterocycles. The molecule has 1 amide bonds. The fraction of sp³-hybridized carbons (Fsp3) is 0.381. The van der Waals surface area contributed by atoms with Crippen molar-refractivity contribution in [3.8, 4) is 11.1 Å². The number of hydrogen-bond acceptors (Lipinski definition) is 2. The summed E-state index contributed by atoms with van der Waals surface area (Å²) >= 11 is 0. The second kappa shape index (κ2) is 8.00. The third-order valence-electron chi connectivity index (χ3n) is 3.76. The van der Waals surface area contributed by atoms with E-state index < -0.39 is 5.60 Å². The topological polar surface area (TPSA) is 38.3 Å². The number of carbonyl (C=O) groups excluding carboxylic acids is 1. The van der Waals surface area contributed by atoms with E-state index in [0.29, 0.717) is 0 Å². The van der Waals surface area contributed by atoms with Crippen molar-refractivity contribution >= 4 is 6.09 Å². The van der Waals surface area contributed by atoms with Gasteiger partial charge in [-0.2, -0.15) is 0 Å². The molecule has 0 bridgehead atoms. The lowest BCUT2D eigenvalue weighted by Crippen LogP contribution is -2.39. The van der Waals surface area contributed by atoms with Gasteiger partial charge in [0.1, 0.15) is 5.60 Å². The zero-order chi connectivity index (χ0) is 17.6. The molecular weight excluding hydrogens is 298 g/mol. The Bertz CT molecular complexity index is 642. The predicted octanol–water partition coefficient (Wildman–Crippen LogP) is 5.20. The summed E-state index contributed by atoms with van der Waals surface area (Å²) in [5.74, 6) is 0. The summed E-state index contributed by atoms with van der Waals surface area (Å²) in [6.07, 6.45) is 1.31. The normalized spacial score (nSPS) is 12.5. The number of ether oxygens (including phenoxy) is 1. The standard InChI is InChI=1S/C21H27NO2/c1-5-19(22-20(23)24-21(2,3)4)15-16-11-13-18(14-12-16)17-9-7-6-8-10-17/h6-14,19H,5,15H2,1-4H3,(H,22,23)/t19-/m0/s1. The van der Waals surface area contributed by atoms with Crippen LogP contribution in [0.5, 0.6) is 0 Å². The number of carbonyl (C=O) groups is 1. The highest BCUT2D eigenvalue weighted by Gasteiger charge is 2.18. The van der Waals surface area contributed by atoms with Crippen molar-refractivity contribution in [2.45, 2.75) is 52.2 Å². The molecular formula is C21H27NO2. The maximum atomic E-state index is 11.9. The molecule has 0 unspecified atom stereocenters. The molecule has 0 aromatic heterocycles. The molecule has 128 valence electrons. The Morgan fingerprint density at radius 3 is 2.12 bits per heavy atom. The minimum Gasteiger partial charge on any atom is -0.444 e. The molecule has 1 atom stereocenters. The molecule has 0 fully saturated rings. The van der Waals surface area contributed by atoms with Crippen LogP contribution in [0.15, 0.2) is 54.6 Å². The Labute approximate surface area is 145 Å². The van der Waals surface area contributed by atoms with E-state index in [-0.39, 0.29) is 12.1 Å². The van der Waals surface area contributed by atoms with Crippen LogP contribution in [0.4, 0.5) is 4.79 Å². The van der Waals surface area contributed by atoms with E-state index in [4.69, 9.17) is 4.74 Å². The van der Waals surface area contributed by atoms with Gasteiger partial charge in [0.05, 0.1) is 0 Å². The van der Waals surface area contributed by atoms with Gasteiger partial charge in [0.25, 0.3) is 0 Å². The SMILES string of the molecule is CC[C@@H](Cc1ccc(-c2ccccc2)cc1)NC(=O)OC(C)(C)C. The Morgan fingerprint density at radius 2 is 1.58 bits per heavy atom. The van der Waals surface area contributed by atoms with Crippen molar-refractivity contribution < 1.29 is 9.53 Å². The van der Waals surface area contributed by atoms with Crippen molar-refractivity contribution in [1.82, 2.24) is 5.32 Å². The first-order valence-corrected chi connectivity index (χ1v) is 8.51. The lowest BCUT2D eigenvalue weighted by molar-refractivity contribution is 0.0503. The lowest BCUT2D eigenvalue weighted by Gasteiger charge is -2.23. The Kier molecular flexibility index (Phi) is 6.02. The second-order valence-electron chi connectivity index (χ2n) is 7.02. The molecule has 0 aliphatic heterocycles. The van der Waals surface area contributed by atoms with Crippen molar-refractivity contribution in [2.24, 2.45) is 0 Å². The first kappa shape index (κ1) is 18.1. The third-order valence-corrected chi connectivity index (χ3v) is 3.76. The average molecular weight is 325 g/mol. The zero-order valence-electron chi connectivity index (χ0n) is 15.0. The zero-order valence-corrected chi connectivity index (χ0v) is 15.0. The van der Waals surface area contributed by atoms with Crippen molar-refractivity contribution in [3.05, 3.63) is 60.2 Å². The molecule has 2 aromatic carbocycles. The number of hydrogen-bond donors (Lipinski definition) is 1. The summed E-state index contributed by atoms with van der Waals surface area (Å²) in [5, 5.41) is 2.96. The largest absolute Gasteiger partial charge is 0.444 e. The summed E-state index contributed by atoms with van der Waals surface area (Å²) in [4.78, 5) is 11.9. The summed E-state index contributed by atoms with van der Waals surface area (Å²) < 4.78 is 5.33. The van der Waals surface area contributed by atoms with Crippen LogP contribution in [0, 0.1) is 0 Å². The van der Waals surface area contributed by atoms with E-state index in [9.17, 15) is 4.79 Å². The summed E-state index contributed by atoms with van der Waals surface area (Å²) in [6, 6.07) is 18.9. The molecule has 24 heavy (non-hydrogen) atoms. The fourth-order valence-electron chi connectivity index (χ4n) is 2.52. The maximum Gasteiger partial charge on any atom is 0.407 e. The molecule has 3 nitrogen and oxygen atoms in total. The quantitative estimate of drug-likeness (QED) is 0.820. The van der Waals surface area contributed by atoms with Gasteiger partial charge in [-0.25, -0.2) is 4.79 Å². The molecule has 1 N–H and O–H groups in total. The number of benzene rings is 2. The van der Waals surface area contributed by atoms with E-state index in [2.05, 4.69) is 48.6 Å². The molecule has 0 saturated carbocycles. The van der Waals surface area contributed by atoms with Gasteiger partial charge in [0, 0.05) is 6.04 Å². The number of nitrogens with one attached hydrogen (secondary N) is 1. The lowest BCUT2D eigenvalue weighted by atomic mass is 10.00. The van der Waals surface area contributed by atoms with E-state index >= 15 is 0 Å². The molecule has 2 rings (SSSR count). The highest BCUT2D eigenvalue weighted by molar-refractivity contribution is 5.68. The average Bonchev–Trinajstić information content (AvgIpc) is 2.54. The van der Waals surface area contributed by atoms with Crippen LogP contribution >= 0.6 is 0 Å². The molecule has 0 spiro atoms. The van der Waals surface area contributed by atoms with E-state index in [1.54, 1.807) is 0 Å². The van der Waals surface area contributed by atoms with Gasteiger partial charge in [-0.05, 0) is 50.3 Å². The Morgan fingerprint density at radius 1 is 1.00 bits per heavy atom. The highest BCUT2D eigenvalue weighted by atomic mass is 16.6. The minimum atomic E-state index is -0.473. The van der Waals surface area contributed by atoms with Gasteiger partial charge in [0.15, 0.2) is 0 Å². The first-order valence-electron chi connectivity index (χ1n) is 8.51. The predicted molar refractivity (Wildman–Crippen MR) is 99.0 cm³/mol. The second-order valence-corrected chi connectivity index (χ2v) is 7.02. The van der Waals surface area contributed by atoms with Crippen LogP contribution < -0.4 is 5.32 Å². The van der Waals surface area contributed by atoms with Crippen molar-refractivity contribution in [3.63, 3.8) is 0 Å². The van der Waals surface area contributed by atoms with Gasteiger partial charge in [0.2, 0.25) is 0 Å². The van der Waals surface area contributed by atoms with Crippen molar-refractivity contribution in [2.75, 3.05) is 0 Å². The summed E-state index contributed by atoms with van der Waals surface area (Å²) in [7, 11) is 0. The smallest absolute Gasteiger partial charge is 0.407 e. The number of alkyl carbamates (subject to hydrolysis) is 1. The molecule has 0 heterocycles. The van der Waals surface area contributed by atoms with E-state index in [1.807, 2.05) is 39.0 Å². The van der Waals surface area contributed by atoms with Gasteiger partial charge in [-0.1, -0.05) is 61.5 Å². The highest BCUT2D eigenvalue weighted by Crippen LogP contribution is 2.20. The maximum absolute atomic E-state index is 11.9. The summed E-state index contributed by atoms with van der Waals surface area (Å²) in [5.41, 5.74) is 3.15. The third kappa shape index (κ3) is 5.73. The van der Waals surface area contributed by atoms with Crippen LogP contribution in [0.3, 0.4) is 0 Å². The van der Waals surface area contributed by atoms with Gasteiger partial charge in [-0.15, -0.1) is 0 Å². The van der Waals surface area contributed by atoms with E-state index in [0.717, 1.165) is 12.8 Å². The van der Waals surface area contributed by atoms with E-state index in [1.165, 1.54) is 16.7 Å². The fourth-order valence-corrected chi connectivity index (χ4v) is 2.52. The van der Waals surface area contributed by atoms with Gasteiger partial charge >= 0.3 is 6.09 Å². The number of rotatable bonds is 5. The van der Waals surface area contributed by atoms with Crippen LogP contribution in [0.25, 0.3) is 11.1 Å². The van der Waals surface area contributed by atoms with Crippen molar-refractivity contribution in [1.29, 1.82) is 0 Å². The molecule has 3 heteroatoms. The van der Waals surface area contributed by atoms with Crippen LogP contribution in [-0.2, 0) is 11.2 Å². The van der Waals surface area contributed by atoms with Crippen LogP contribution in [0.2, 0.25) is 0 Å². The van der Waals surface area contributed by atoms with Crippen LogP contribution in [0.1, 0.15) is 39.7 Å². The molecule has 2 aromatic rings. The number of amides is 1. The Hall–Kier alpha value is -2.29. The van der Waals surface area contributed by atoms with Crippen LogP contribution in [-0.4, -0.2) is 17.7 Å². The monoisotopic (exact) mass is 325 g/mol. The first-order chi connectivity index (χ1) is 11.4. The molecule has 0 aliphatic rings. The molecule has 0 aliphatic carbocycles. The molecule has 0 radical (unpaired) electrons. The van der Waals surface area contributed by atoms with Gasteiger partial charge in [-0.3, -0.25) is 0 Å². The Balaban J connectivity index is 1.97. The van der Waals surface area contributed by atoms with Gasteiger partial charge < -0.3 is 10.1 Å².